The number of ketones is 1. The summed E-state index contributed by atoms with van der Waals surface area (Å²) in [4.78, 5) is 12.5. The highest BCUT2D eigenvalue weighted by Crippen LogP contribution is 2.25. The van der Waals surface area contributed by atoms with E-state index < -0.39 is 0 Å². The van der Waals surface area contributed by atoms with E-state index >= 15 is 0 Å². The van der Waals surface area contributed by atoms with Gasteiger partial charge in [0.1, 0.15) is 11.5 Å². The van der Waals surface area contributed by atoms with E-state index in [4.69, 9.17) is 8.83 Å². The summed E-state index contributed by atoms with van der Waals surface area (Å²) in [7, 11) is 0. The van der Waals surface area contributed by atoms with Crippen molar-refractivity contribution < 1.29 is 13.6 Å². The molecule has 1 fully saturated rings. The fraction of sp³-hybridized carbons (Fsp3) is 0.190. The molecule has 1 aliphatic rings. The van der Waals surface area contributed by atoms with Gasteiger partial charge < -0.3 is 8.83 Å². The van der Waals surface area contributed by atoms with Crippen LogP contribution in [0, 0.1) is 0 Å². The molecule has 3 nitrogen and oxygen atoms in total. The van der Waals surface area contributed by atoms with Crippen LogP contribution < -0.4 is 0 Å². The summed E-state index contributed by atoms with van der Waals surface area (Å²) in [5.41, 5.74) is 1.73. The van der Waals surface area contributed by atoms with Gasteiger partial charge in [-0.2, -0.15) is 0 Å². The van der Waals surface area contributed by atoms with E-state index in [1.807, 2.05) is 60.7 Å². The zero-order chi connectivity index (χ0) is 16.6. The Morgan fingerprint density at radius 2 is 1.71 bits per heavy atom. The second-order valence-electron chi connectivity index (χ2n) is 5.65. The summed E-state index contributed by atoms with van der Waals surface area (Å²) in [6.45, 7) is 0. The maximum Gasteiger partial charge on any atom is 0.184 e. The summed E-state index contributed by atoms with van der Waals surface area (Å²) in [6.07, 6.45) is 18.2. The van der Waals surface area contributed by atoms with Gasteiger partial charge in [-0.05, 0) is 60.8 Å². The number of Topliss-reactive ketones (excluding diaryl/α,β-unsaturated/α-hetero) is 1. The molecule has 0 aromatic carbocycles. The zero-order valence-corrected chi connectivity index (χ0v) is 13.5. The van der Waals surface area contributed by atoms with Crippen molar-refractivity contribution in [3.63, 3.8) is 0 Å². The van der Waals surface area contributed by atoms with Gasteiger partial charge in [-0.15, -0.1) is 0 Å². The largest absolute Gasteiger partial charge is 0.469 e. The summed E-state index contributed by atoms with van der Waals surface area (Å²) in [5.74, 6) is 1.85. The van der Waals surface area contributed by atoms with E-state index in [0.29, 0.717) is 0 Å². The summed E-state index contributed by atoms with van der Waals surface area (Å²) in [5, 5.41) is 0. The first-order chi connectivity index (χ1) is 11.8. The number of rotatable bonds is 5. The molecule has 2 aromatic rings. The van der Waals surface area contributed by atoms with Crippen LogP contribution in [0.1, 0.15) is 30.8 Å². The average Bonchev–Trinajstić information content (AvgIpc) is 3.28. The average molecular weight is 320 g/mol. The normalized spacial score (nSPS) is 19.2. The number of hydrogen-bond donors (Lipinski definition) is 0. The molecule has 0 radical (unpaired) electrons. The molecule has 0 spiro atoms. The Labute approximate surface area is 141 Å². The summed E-state index contributed by atoms with van der Waals surface area (Å²) < 4.78 is 10.5. The predicted octanol–water partition coefficient (Wildman–Crippen LogP) is 5.29. The number of allylic oxidation sites excluding steroid dienone is 7. The van der Waals surface area contributed by atoms with Crippen LogP contribution in [0.2, 0.25) is 0 Å². The van der Waals surface area contributed by atoms with Gasteiger partial charge >= 0.3 is 0 Å². The molecular formula is C21H20O3. The maximum absolute atomic E-state index is 12.5. The Balaban J connectivity index is 1.61. The molecule has 122 valence electrons. The highest BCUT2D eigenvalue weighted by atomic mass is 16.3. The van der Waals surface area contributed by atoms with Crippen molar-refractivity contribution in [1.82, 2.24) is 0 Å². The molecule has 2 heterocycles. The topological polar surface area (TPSA) is 43.4 Å². The summed E-state index contributed by atoms with van der Waals surface area (Å²) >= 11 is 0. The third-order valence-corrected chi connectivity index (χ3v) is 3.91. The Hall–Kier alpha value is -2.81. The van der Waals surface area contributed by atoms with E-state index in [-0.39, 0.29) is 5.78 Å². The molecule has 1 aliphatic carbocycles. The molecule has 0 amide bonds. The number of hydrogen-bond acceptors (Lipinski definition) is 3. The van der Waals surface area contributed by atoms with Crippen molar-refractivity contribution in [2.24, 2.45) is 0 Å². The number of carbonyl (C=O) groups is 1. The van der Waals surface area contributed by atoms with Gasteiger partial charge in [0.15, 0.2) is 5.78 Å². The van der Waals surface area contributed by atoms with Gasteiger partial charge in [0.05, 0.1) is 12.5 Å². The van der Waals surface area contributed by atoms with Crippen LogP contribution in [0.5, 0.6) is 0 Å². The molecule has 24 heavy (non-hydrogen) atoms. The van der Waals surface area contributed by atoms with Gasteiger partial charge in [-0.25, -0.2) is 0 Å². The molecule has 0 saturated heterocycles. The van der Waals surface area contributed by atoms with Gasteiger partial charge in [-0.3, -0.25) is 4.79 Å². The minimum atomic E-state index is 0.146. The Morgan fingerprint density at radius 3 is 2.42 bits per heavy atom. The Bertz CT molecular complexity index is 769. The van der Waals surface area contributed by atoms with Crippen molar-refractivity contribution in [3.05, 3.63) is 89.8 Å². The minimum Gasteiger partial charge on any atom is -0.469 e. The fourth-order valence-electron chi connectivity index (χ4n) is 2.66. The van der Waals surface area contributed by atoms with Crippen molar-refractivity contribution in [1.29, 1.82) is 0 Å². The monoisotopic (exact) mass is 320 g/mol. The SMILES string of the molecule is O=C1/C(=C/C=C/Cc2ccco2)CCC/C1=C\C=C\c1ccco1. The molecule has 1 saturated carbocycles. The molecular weight excluding hydrogens is 300 g/mol. The van der Waals surface area contributed by atoms with E-state index in [1.165, 1.54) is 0 Å². The molecule has 0 bridgehead atoms. The molecule has 3 rings (SSSR count). The van der Waals surface area contributed by atoms with Crippen LogP contribution in [0.15, 0.2) is 87.2 Å². The lowest BCUT2D eigenvalue weighted by Crippen LogP contribution is -2.12. The first-order valence-corrected chi connectivity index (χ1v) is 8.16. The van der Waals surface area contributed by atoms with Gasteiger partial charge in [0.25, 0.3) is 0 Å². The Kier molecular flexibility index (Phi) is 5.46. The van der Waals surface area contributed by atoms with Crippen LogP contribution in [0.3, 0.4) is 0 Å². The van der Waals surface area contributed by atoms with Crippen LogP contribution in [-0.2, 0) is 11.2 Å². The lowest BCUT2D eigenvalue weighted by atomic mass is 9.88. The molecule has 0 N–H and O–H groups in total. The van der Waals surface area contributed by atoms with E-state index in [9.17, 15) is 4.79 Å². The van der Waals surface area contributed by atoms with Crippen LogP contribution in [0.4, 0.5) is 0 Å². The zero-order valence-electron chi connectivity index (χ0n) is 13.5. The minimum absolute atomic E-state index is 0.146. The lowest BCUT2D eigenvalue weighted by molar-refractivity contribution is -0.113. The van der Waals surface area contributed by atoms with Crippen LogP contribution in [0.25, 0.3) is 6.08 Å². The second kappa shape index (κ2) is 8.16. The summed E-state index contributed by atoms with van der Waals surface area (Å²) in [6, 6.07) is 7.54. The van der Waals surface area contributed by atoms with Crippen LogP contribution in [-0.4, -0.2) is 5.78 Å². The highest BCUT2D eigenvalue weighted by molar-refractivity contribution is 6.09. The smallest absolute Gasteiger partial charge is 0.184 e. The predicted molar refractivity (Wildman–Crippen MR) is 94.3 cm³/mol. The van der Waals surface area contributed by atoms with Gasteiger partial charge in [0.2, 0.25) is 0 Å². The van der Waals surface area contributed by atoms with Gasteiger partial charge in [0, 0.05) is 6.42 Å². The maximum atomic E-state index is 12.5. The van der Waals surface area contributed by atoms with E-state index in [1.54, 1.807) is 12.5 Å². The third-order valence-electron chi connectivity index (χ3n) is 3.91. The third kappa shape index (κ3) is 4.35. The molecule has 0 unspecified atom stereocenters. The highest BCUT2D eigenvalue weighted by Gasteiger charge is 2.19. The van der Waals surface area contributed by atoms with Crippen molar-refractivity contribution in [2.75, 3.05) is 0 Å². The first-order valence-electron chi connectivity index (χ1n) is 8.16. The molecule has 3 heteroatoms. The van der Waals surface area contributed by atoms with Gasteiger partial charge in [-0.1, -0.05) is 30.4 Å². The Morgan fingerprint density at radius 1 is 0.958 bits per heavy atom. The number of carbonyl (C=O) groups excluding carboxylic acids is 1. The molecule has 0 aliphatic heterocycles. The van der Waals surface area contributed by atoms with E-state index in [0.717, 1.165) is 48.3 Å². The van der Waals surface area contributed by atoms with Crippen molar-refractivity contribution in [2.45, 2.75) is 25.7 Å². The molecule has 2 aromatic heterocycles. The second-order valence-corrected chi connectivity index (χ2v) is 5.65. The van der Waals surface area contributed by atoms with E-state index in [2.05, 4.69) is 0 Å². The molecule has 0 atom stereocenters. The first kappa shape index (κ1) is 16.1. The fourth-order valence-corrected chi connectivity index (χ4v) is 2.66. The van der Waals surface area contributed by atoms with Crippen LogP contribution >= 0.6 is 0 Å². The van der Waals surface area contributed by atoms with Crippen molar-refractivity contribution >= 4 is 11.9 Å². The quantitative estimate of drug-likeness (QED) is 0.703. The lowest BCUT2D eigenvalue weighted by Gasteiger charge is -2.15. The number of furan rings is 2. The standard InChI is InChI=1S/C21H20O3/c22-21-17(7-1-2-11-19-13-5-15-23-19)8-3-9-18(21)10-4-12-20-14-6-16-24-20/h1-2,4-7,10,12-16H,3,8-9,11H2/b2-1+,12-4+,17-7+,18-10+. The van der Waals surface area contributed by atoms with Crippen molar-refractivity contribution in [3.8, 4) is 0 Å².